The molecule has 114 valence electrons. The van der Waals surface area contributed by atoms with Gasteiger partial charge in [0.25, 0.3) is 0 Å². The molecule has 0 aliphatic carbocycles. The van der Waals surface area contributed by atoms with Crippen molar-refractivity contribution in [2.75, 3.05) is 50.8 Å². The Morgan fingerprint density at radius 1 is 1.25 bits per heavy atom. The quantitative estimate of drug-likeness (QED) is 0.766. The number of hydrogen-bond acceptors (Lipinski definition) is 5. The van der Waals surface area contributed by atoms with Crippen LogP contribution in [-0.2, 0) is 13.6 Å². The fourth-order valence-electron chi connectivity index (χ4n) is 2.87. The number of piperazine rings is 1. The van der Waals surface area contributed by atoms with E-state index in [9.17, 15) is 0 Å². The maximum Gasteiger partial charge on any atom is 0.131 e. The molecule has 1 saturated heterocycles. The first-order chi connectivity index (χ1) is 9.67. The van der Waals surface area contributed by atoms with Crippen LogP contribution < -0.4 is 10.2 Å². The fourth-order valence-corrected chi connectivity index (χ4v) is 2.87. The molecule has 0 saturated carbocycles. The number of nitrogens with zero attached hydrogens (tertiary/aromatic N) is 4. The summed E-state index contributed by atoms with van der Waals surface area (Å²) in [6.45, 7) is 11.1. The van der Waals surface area contributed by atoms with Gasteiger partial charge in [0.2, 0.25) is 0 Å². The average molecular weight is 281 g/mol. The van der Waals surface area contributed by atoms with Gasteiger partial charge < -0.3 is 15.3 Å². The molecule has 2 heterocycles. The predicted molar refractivity (Wildman–Crippen MR) is 81.1 cm³/mol. The standard InChI is InChI=1S/C14H27N5O/c1-4-15-11-13-12(2)16-17(3)14(13)19-7-5-18(6-8-19)9-10-20/h15,20H,4-11H2,1-3H3. The molecule has 1 aliphatic heterocycles. The first-order valence-corrected chi connectivity index (χ1v) is 7.48. The van der Waals surface area contributed by atoms with Crippen LogP contribution in [0.5, 0.6) is 0 Å². The smallest absolute Gasteiger partial charge is 0.131 e. The van der Waals surface area contributed by atoms with Crippen LogP contribution in [0.4, 0.5) is 5.82 Å². The summed E-state index contributed by atoms with van der Waals surface area (Å²) in [5, 5.41) is 17.0. The molecule has 2 N–H and O–H groups in total. The van der Waals surface area contributed by atoms with Crippen molar-refractivity contribution >= 4 is 5.82 Å². The van der Waals surface area contributed by atoms with Gasteiger partial charge in [-0.3, -0.25) is 9.58 Å². The zero-order chi connectivity index (χ0) is 14.5. The summed E-state index contributed by atoms with van der Waals surface area (Å²) in [6, 6.07) is 0. The summed E-state index contributed by atoms with van der Waals surface area (Å²) < 4.78 is 2.00. The SMILES string of the molecule is CCNCc1c(C)nn(C)c1N1CCN(CCO)CC1. The number of aryl methyl sites for hydroxylation is 2. The molecule has 0 amide bonds. The minimum Gasteiger partial charge on any atom is -0.395 e. The van der Waals surface area contributed by atoms with Crippen LogP contribution in [0.1, 0.15) is 18.2 Å². The molecule has 1 aliphatic rings. The van der Waals surface area contributed by atoms with Gasteiger partial charge in [0, 0.05) is 51.9 Å². The molecule has 1 fully saturated rings. The van der Waals surface area contributed by atoms with Gasteiger partial charge in [0.15, 0.2) is 0 Å². The minimum atomic E-state index is 0.247. The second-order valence-electron chi connectivity index (χ2n) is 5.34. The van der Waals surface area contributed by atoms with Crippen LogP contribution in [-0.4, -0.2) is 65.7 Å². The number of β-amino-alcohol motifs (C(OH)–C–C–N with tert-alkyl or cyclic N) is 1. The van der Waals surface area contributed by atoms with E-state index in [1.54, 1.807) is 0 Å². The molecular formula is C14H27N5O. The lowest BCUT2D eigenvalue weighted by Crippen LogP contribution is -2.48. The Bertz CT molecular complexity index is 423. The Balaban J connectivity index is 2.08. The van der Waals surface area contributed by atoms with Gasteiger partial charge in [-0.25, -0.2) is 0 Å². The highest BCUT2D eigenvalue weighted by molar-refractivity contribution is 5.50. The van der Waals surface area contributed by atoms with Gasteiger partial charge in [0.1, 0.15) is 5.82 Å². The van der Waals surface area contributed by atoms with Gasteiger partial charge in [-0.05, 0) is 13.5 Å². The second kappa shape index (κ2) is 7.06. The van der Waals surface area contributed by atoms with Crippen molar-refractivity contribution in [3.05, 3.63) is 11.3 Å². The third-order valence-corrected chi connectivity index (χ3v) is 3.95. The van der Waals surface area contributed by atoms with E-state index in [4.69, 9.17) is 5.11 Å². The Labute approximate surface area is 121 Å². The van der Waals surface area contributed by atoms with E-state index in [2.05, 4.69) is 34.1 Å². The molecule has 1 aromatic rings. The summed E-state index contributed by atoms with van der Waals surface area (Å²) in [6.07, 6.45) is 0. The number of hydrogen-bond donors (Lipinski definition) is 2. The highest BCUT2D eigenvalue weighted by Gasteiger charge is 2.23. The van der Waals surface area contributed by atoms with Gasteiger partial charge in [-0.2, -0.15) is 5.10 Å². The van der Waals surface area contributed by atoms with E-state index in [-0.39, 0.29) is 6.61 Å². The number of anilines is 1. The van der Waals surface area contributed by atoms with E-state index in [1.807, 2.05) is 11.7 Å². The van der Waals surface area contributed by atoms with Gasteiger partial charge in [0.05, 0.1) is 12.3 Å². The first kappa shape index (κ1) is 15.3. The lowest BCUT2D eigenvalue weighted by atomic mass is 10.2. The summed E-state index contributed by atoms with van der Waals surface area (Å²) in [4.78, 5) is 4.73. The summed E-state index contributed by atoms with van der Waals surface area (Å²) in [5.41, 5.74) is 2.42. The van der Waals surface area contributed by atoms with Crippen molar-refractivity contribution < 1.29 is 5.11 Å². The highest BCUT2D eigenvalue weighted by atomic mass is 16.3. The molecule has 1 aromatic heterocycles. The van der Waals surface area contributed by atoms with E-state index in [0.717, 1.165) is 51.5 Å². The lowest BCUT2D eigenvalue weighted by molar-refractivity contribution is 0.188. The molecule has 0 bridgehead atoms. The van der Waals surface area contributed by atoms with Crippen LogP contribution in [0.15, 0.2) is 0 Å². The van der Waals surface area contributed by atoms with Crippen LogP contribution in [0.25, 0.3) is 0 Å². The van der Waals surface area contributed by atoms with E-state index in [1.165, 1.54) is 11.4 Å². The van der Waals surface area contributed by atoms with Crippen molar-refractivity contribution in [2.45, 2.75) is 20.4 Å². The van der Waals surface area contributed by atoms with Crippen molar-refractivity contribution in [3.63, 3.8) is 0 Å². The van der Waals surface area contributed by atoms with Crippen molar-refractivity contribution in [3.8, 4) is 0 Å². The molecule has 2 rings (SSSR count). The van der Waals surface area contributed by atoms with Crippen molar-refractivity contribution in [2.24, 2.45) is 7.05 Å². The zero-order valence-electron chi connectivity index (χ0n) is 12.9. The van der Waals surface area contributed by atoms with Crippen LogP contribution >= 0.6 is 0 Å². The van der Waals surface area contributed by atoms with Gasteiger partial charge in [-0.1, -0.05) is 6.92 Å². The fraction of sp³-hybridized carbons (Fsp3) is 0.786. The van der Waals surface area contributed by atoms with E-state index in [0.29, 0.717) is 0 Å². The highest BCUT2D eigenvalue weighted by Crippen LogP contribution is 2.24. The van der Waals surface area contributed by atoms with Gasteiger partial charge >= 0.3 is 0 Å². The molecular weight excluding hydrogens is 254 g/mol. The Morgan fingerprint density at radius 2 is 1.95 bits per heavy atom. The number of rotatable bonds is 6. The van der Waals surface area contributed by atoms with Gasteiger partial charge in [-0.15, -0.1) is 0 Å². The Kier molecular flexibility index (Phi) is 5.39. The molecule has 6 heteroatoms. The first-order valence-electron chi connectivity index (χ1n) is 7.48. The number of aromatic nitrogens is 2. The zero-order valence-corrected chi connectivity index (χ0v) is 12.9. The summed E-state index contributed by atoms with van der Waals surface area (Å²) in [5.74, 6) is 1.24. The molecule has 20 heavy (non-hydrogen) atoms. The van der Waals surface area contributed by atoms with E-state index >= 15 is 0 Å². The van der Waals surface area contributed by atoms with E-state index < -0.39 is 0 Å². The third-order valence-electron chi connectivity index (χ3n) is 3.95. The number of aliphatic hydroxyl groups excluding tert-OH is 1. The molecule has 0 radical (unpaired) electrons. The molecule has 6 nitrogen and oxygen atoms in total. The van der Waals surface area contributed by atoms with Crippen LogP contribution in [0, 0.1) is 6.92 Å². The van der Waals surface area contributed by atoms with Crippen LogP contribution in [0.3, 0.4) is 0 Å². The molecule has 0 spiro atoms. The van der Waals surface area contributed by atoms with Crippen molar-refractivity contribution in [1.29, 1.82) is 0 Å². The average Bonchev–Trinajstić information content (AvgIpc) is 2.72. The predicted octanol–water partition coefficient (Wildman–Crippen LogP) is -0.0477. The van der Waals surface area contributed by atoms with Crippen molar-refractivity contribution in [1.82, 2.24) is 20.0 Å². The van der Waals surface area contributed by atoms with Crippen LogP contribution in [0.2, 0.25) is 0 Å². The second-order valence-corrected chi connectivity index (χ2v) is 5.34. The number of aliphatic hydroxyl groups is 1. The Hall–Kier alpha value is -1.11. The molecule has 0 aromatic carbocycles. The summed E-state index contributed by atoms with van der Waals surface area (Å²) in [7, 11) is 2.03. The maximum atomic E-state index is 9.01. The lowest BCUT2D eigenvalue weighted by Gasteiger charge is -2.36. The summed E-state index contributed by atoms with van der Waals surface area (Å²) >= 11 is 0. The maximum absolute atomic E-state index is 9.01. The minimum absolute atomic E-state index is 0.247. The monoisotopic (exact) mass is 281 g/mol. The Morgan fingerprint density at radius 3 is 2.55 bits per heavy atom. The normalized spacial score (nSPS) is 16.9. The molecule has 0 unspecified atom stereocenters. The third kappa shape index (κ3) is 3.31. The topological polar surface area (TPSA) is 56.6 Å². The molecule has 0 atom stereocenters. The largest absolute Gasteiger partial charge is 0.395 e. The number of nitrogens with one attached hydrogen (secondary N) is 1.